The van der Waals surface area contributed by atoms with Crippen molar-refractivity contribution in [1.82, 2.24) is 15.0 Å². The molecule has 0 radical (unpaired) electrons. The molecule has 0 spiro atoms. The zero-order valence-corrected chi connectivity index (χ0v) is 10.8. The van der Waals surface area contributed by atoms with Gasteiger partial charge in [0.15, 0.2) is 11.0 Å². The van der Waals surface area contributed by atoms with Gasteiger partial charge in [0, 0.05) is 12.4 Å². The first kappa shape index (κ1) is 11.7. The molecule has 0 unspecified atom stereocenters. The van der Waals surface area contributed by atoms with Gasteiger partial charge in [0.2, 0.25) is 0 Å². The van der Waals surface area contributed by atoms with Gasteiger partial charge < -0.3 is 9.72 Å². The molecule has 0 aliphatic carbocycles. The normalized spacial score (nSPS) is 10.6. The van der Waals surface area contributed by atoms with Gasteiger partial charge in [-0.15, -0.1) is 0 Å². The van der Waals surface area contributed by atoms with Gasteiger partial charge >= 0.3 is 0 Å². The van der Waals surface area contributed by atoms with Crippen LogP contribution in [0.1, 0.15) is 10.6 Å². The number of hydrogen-bond acceptors (Lipinski definition) is 5. The Hall–Kier alpha value is -2.41. The van der Waals surface area contributed by atoms with Gasteiger partial charge in [-0.3, -0.25) is 10.1 Å². The van der Waals surface area contributed by atoms with Gasteiger partial charge in [0.1, 0.15) is 5.75 Å². The van der Waals surface area contributed by atoms with E-state index in [4.69, 9.17) is 4.74 Å². The summed E-state index contributed by atoms with van der Waals surface area (Å²) in [5.41, 5.74) is 0.820. The van der Waals surface area contributed by atoms with E-state index >= 15 is 0 Å². The van der Waals surface area contributed by atoms with Crippen molar-refractivity contribution < 1.29 is 9.53 Å². The van der Waals surface area contributed by atoms with Crippen LogP contribution >= 0.6 is 11.3 Å². The second-order valence-electron chi connectivity index (χ2n) is 3.74. The fourth-order valence-electron chi connectivity index (χ4n) is 1.63. The molecule has 0 bridgehead atoms. The van der Waals surface area contributed by atoms with Crippen molar-refractivity contribution in [2.24, 2.45) is 0 Å². The predicted molar refractivity (Wildman–Crippen MR) is 72.7 cm³/mol. The minimum atomic E-state index is -0.309. The molecule has 2 aromatic heterocycles. The number of carbonyl (C=O) groups excluding carboxylic acids is 1. The van der Waals surface area contributed by atoms with E-state index in [1.165, 1.54) is 17.5 Å². The maximum atomic E-state index is 11.8. The minimum Gasteiger partial charge on any atom is -0.497 e. The molecule has 2 N–H and O–H groups in total. The molecule has 3 aromatic rings. The number of H-pyrrole nitrogens is 1. The number of imidazole rings is 1. The number of benzene rings is 1. The second kappa shape index (κ2) is 4.69. The average Bonchev–Trinajstić information content (AvgIpc) is 3.06. The maximum Gasteiger partial charge on any atom is 0.293 e. The first-order valence-electron chi connectivity index (χ1n) is 5.51. The molecule has 6 nitrogen and oxygen atoms in total. The molecular weight excluding hydrogens is 264 g/mol. The number of nitrogens with zero attached hydrogens (tertiary/aromatic N) is 2. The smallest absolute Gasteiger partial charge is 0.293 e. The third-order valence-electron chi connectivity index (χ3n) is 2.53. The number of rotatable bonds is 3. The van der Waals surface area contributed by atoms with Crippen LogP contribution in [-0.2, 0) is 0 Å². The standard InChI is InChI=1S/C12H10N4O2S/c1-18-7-2-3-8-9(6-7)19-12(15-8)16-11(17)10-13-4-5-14-10/h2-6H,1H3,(H,13,14)(H,15,16,17). The van der Waals surface area contributed by atoms with E-state index in [1.807, 2.05) is 18.2 Å². The Morgan fingerprint density at radius 1 is 1.47 bits per heavy atom. The van der Waals surface area contributed by atoms with Crippen molar-refractivity contribution in [2.45, 2.75) is 0 Å². The summed E-state index contributed by atoms with van der Waals surface area (Å²) in [5, 5.41) is 3.24. The van der Waals surface area contributed by atoms with Gasteiger partial charge in [0.05, 0.1) is 17.3 Å². The molecule has 0 aliphatic heterocycles. The molecule has 1 aromatic carbocycles. The van der Waals surface area contributed by atoms with E-state index in [2.05, 4.69) is 20.3 Å². The highest BCUT2D eigenvalue weighted by atomic mass is 32.1. The zero-order chi connectivity index (χ0) is 13.2. The number of nitrogens with one attached hydrogen (secondary N) is 2. The highest BCUT2D eigenvalue weighted by molar-refractivity contribution is 7.22. The lowest BCUT2D eigenvalue weighted by atomic mass is 10.3. The van der Waals surface area contributed by atoms with Crippen LogP contribution in [-0.4, -0.2) is 28.0 Å². The lowest BCUT2D eigenvalue weighted by Crippen LogP contribution is -2.13. The molecule has 3 rings (SSSR count). The monoisotopic (exact) mass is 274 g/mol. The molecule has 2 heterocycles. The molecular formula is C12H10N4O2S. The molecule has 0 atom stereocenters. The SMILES string of the molecule is COc1ccc2nc(NC(=O)c3ncc[nH]3)sc2c1. The number of methoxy groups -OCH3 is 1. The summed E-state index contributed by atoms with van der Waals surface area (Å²) < 4.78 is 6.10. The Labute approximate surface area is 112 Å². The predicted octanol–water partition coefficient (Wildman–Crippen LogP) is 2.28. The van der Waals surface area contributed by atoms with Gasteiger partial charge in [-0.05, 0) is 18.2 Å². The molecule has 0 saturated carbocycles. The number of amides is 1. The number of aromatic amines is 1. The Morgan fingerprint density at radius 3 is 3.11 bits per heavy atom. The van der Waals surface area contributed by atoms with Gasteiger partial charge in [-0.2, -0.15) is 0 Å². The summed E-state index contributed by atoms with van der Waals surface area (Å²) in [5.74, 6) is 0.716. The molecule has 0 aliphatic rings. The lowest BCUT2D eigenvalue weighted by Gasteiger charge is -1.96. The summed E-state index contributed by atoms with van der Waals surface area (Å²) in [7, 11) is 1.61. The average molecular weight is 274 g/mol. The minimum absolute atomic E-state index is 0.261. The largest absolute Gasteiger partial charge is 0.497 e. The van der Waals surface area contributed by atoms with Crippen LogP contribution in [0.15, 0.2) is 30.6 Å². The van der Waals surface area contributed by atoms with E-state index in [-0.39, 0.29) is 11.7 Å². The molecule has 96 valence electrons. The third kappa shape index (κ3) is 2.27. The van der Waals surface area contributed by atoms with Crippen molar-refractivity contribution in [3.63, 3.8) is 0 Å². The lowest BCUT2D eigenvalue weighted by molar-refractivity contribution is 0.101. The highest BCUT2D eigenvalue weighted by Crippen LogP contribution is 2.29. The number of anilines is 1. The van der Waals surface area contributed by atoms with Crippen LogP contribution in [0.3, 0.4) is 0 Å². The van der Waals surface area contributed by atoms with Crippen molar-refractivity contribution in [3.8, 4) is 5.75 Å². The van der Waals surface area contributed by atoms with E-state index in [0.717, 1.165) is 16.0 Å². The number of aromatic nitrogens is 3. The summed E-state index contributed by atoms with van der Waals surface area (Å²) in [6.07, 6.45) is 3.12. The van der Waals surface area contributed by atoms with E-state index in [9.17, 15) is 4.79 Å². The van der Waals surface area contributed by atoms with Crippen LogP contribution in [0, 0.1) is 0 Å². The number of fused-ring (bicyclic) bond motifs is 1. The van der Waals surface area contributed by atoms with Crippen LogP contribution in [0.25, 0.3) is 10.2 Å². The van der Waals surface area contributed by atoms with Crippen molar-refractivity contribution in [3.05, 3.63) is 36.4 Å². The third-order valence-corrected chi connectivity index (χ3v) is 3.46. The Bertz CT molecular complexity index is 720. The summed E-state index contributed by atoms with van der Waals surface area (Å²) in [4.78, 5) is 22.8. The number of hydrogen-bond donors (Lipinski definition) is 2. The van der Waals surface area contributed by atoms with E-state index in [1.54, 1.807) is 13.3 Å². The fraction of sp³-hybridized carbons (Fsp3) is 0.0833. The fourth-order valence-corrected chi connectivity index (χ4v) is 2.52. The number of carbonyl (C=O) groups is 1. The van der Waals surface area contributed by atoms with E-state index < -0.39 is 0 Å². The van der Waals surface area contributed by atoms with Crippen molar-refractivity contribution in [2.75, 3.05) is 12.4 Å². The van der Waals surface area contributed by atoms with Crippen LogP contribution in [0.2, 0.25) is 0 Å². The maximum absolute atomic E-state index is 11.8. The summed E-state index contributed by atoms with van der Waals surface area (Å²) >= 11 is 1.39. The Morgan fingerprint density at radius 2 is 2.37 bits per heavy atom. The summed E-state index contributed by atoms with van der Waals surface area (Å²) in [6.45, 7) is 0. The number of ether oxygens (including phenoxy) is 1. The number of thiazole rings is 1. The summed E-state index contributed by atoms with van der Waals surface area (Å²) in [6, 6.07) is 5.57. The van der Waals surface area contributed by atoms with Crippen molar-refractivity contribution in [1.29, 1.82) is 0 Å². The van der Waals surface area contributed by atoms with Gasteiger partial charge in [-0.25, -0.2) is 9.97 Å². The quantitative estimate of drug-likeness (QED) is 0.768. The topological polar surface area (TPSA) is 79.9 Å². The molecule has 0 fully saturated rings. The van der Waals surface area contributed by atoms with Crippen LogP contribution in [0.4, 0.5) is 5.13 Å². The van der Waals surface area contributed by atoms with Crippen molar-refractivity contribution >= 4 is 32.6 Å². The second-order valence-corrected chi connectivity index (χ2v) is 4.78. The zero-order valence-electron chi connectivity index (χ0n) is 10.0. The molecule has 1 amide bonds. The first-order chi connectivity index (χ1) is 9.26. The van der Waals surface area contributed by atoms with Gasteiger partial charge in [-0.1, -0.05) is 11.3 Å². The Kier molecular flexibility index (Phi) is 2.88. The molecule has 19 heavy (non-hydrogen) atoms. The molecule has 7 heteroatoms. The van der Waals surface area contributed by atoms with E-state index in [0.29, 0.717) is 5.13 Å². The van der Waals surface area contributed by atoms with Crippen LogP contribution < -0.4 is 10.1 Å². The van der Waals surface area contributed by atoms with Crippen LogP contribution in [0.5, 0.6) is 5.75 Å². The van der Waals surface area contributed by atoms with Gasteiger partial charge in [0.25, 0.3) is 5.91 Å². The first-order valence-corrected chi connectivity index (χ1v) is 6.33. The Balaban J connectivity index is 1.87. The molecule has 0 saturated heterocycles. The highest BCUT2D eigenvalue weighted by Gasteiger charge is 2.11.